The highest BCUT2D eigenvalue weighted by Crippen LogP contribution is 2.13. The highest BCUT2D eigenvalue weighted by atomic mass is 35.5. The maximum absolute atomic E-state index is 12.5. The predicted octanol–water partition coefficient (Wildman–Crippen LogP) is 2.13. The van der Waals surface area contributed by atoms with Gasteiger partial charge in [0.1, 0.15) is 0 Å². The van der Waals surface area contributed by atoms with E-state index in [0.717, 1.165) is 38.9 Å². The molecule has 5 heteroatoms. The van der Waals surface area contributed by atoms with Crippen molar-refractivity contribution in [3.8, 4) is 0 Å². The van der Waals surface area contributed by atoms with Crippen molar-refractivity contribution in [1.82, 2.24) is 10.2 Å². The molecule has 0 radical (unpaired) electrons. The highest BCUT2D eigenvalue weighted by molar-refractivity contribution is 5.85. The lowest BCUT2D eigenvalue weighted by molar-refractivity contribution is -0.135. The Bertz CT molecular complexity index is 422. The van der Waals surface area contributed by atoms with Crippen molar-refractivity contribution >= 4 is 18.3 Å². The number of hydrogen-bond donors (Lipinski definition) is 1. The van der Waals surface area contributed by atoms with E-state index in [-0.39, 0.29) is 24.2 Å². The summed E-state index contributed by atoms with van der Waals surface area (Å²) in [5.74, 6) is 0.434. The van der Waals surface area contributed by atoms with E-state index in [1.54, 1.807) is 7.11 Å². The van der Waals surface area contributed by atoms with Crippen LogP contribution in [0.1, 0.15) is 18.4 Å². The Morgan fingerprint density at radius 1 is 1.32 bits per heavy atom. The summed E-state index contributed by atoms with van der Waals surface area (Å²) in [5.41, 5.74) is 1.33. The fourth-order valence-corrected chi connectivity index (χ4v) is 2.78. The molecule has 0 aliphatic carbocycles. The van der Waals surface area contributed by atoms with E-state index in [1.165, 1.54) is 5.56 Å². The number of hydrogen-bond acceptors (Lipinski definition) is 3. The summed E-state index contributed by atoms with van der Waals surface area (Å²) in [4.78, 5) is 14.5. The lowest BCUT2D eigenvalue weighted by Crippen LogP contribution is -2.39. The van der Waals surface area contributed by atoms with Crippen molar-refractivity contribution < 1.29 is 9.53 Å². The van der Waals surface area contributed by atoms with E-state index < -0.39 is 0 Å². The van der Waals surface area contributed by atoms with Gasteiger partial charge in [-0.25, -0.2) is 0 Å². The lowest BCUT2D eigenvalue weighted by atomic mass is 10.1. The van der Waals surface area contributed by atoms with Crippen molar-refractivity contribution in [2.75, 3.05) is 39.9 Å². The molecule has 0 spiro atoms. The normalized spacial score (nSPS) is 17.0. The average Bonchev–Trinajstić information content (AvgIpc) is 3.05. The van der Waals surface area contributed by atoms with Gasteiger partial charge in [0.05, 0.1) is 12.5 Å². The third-order valence-electron chi connectivity index (χ3n) is 4.02. The van der Waals surface area contributed by atoms with Gasteiger partial charge in [-0.05, 0) is 31.4 Å². The number of aryl methyl sites for hydroxylation is 1. The molecule has 0 bridgehead atoms. The van der Waals surface area contributed by atoms with Crippen LogP contribution in [-0.4, -0.2) is 50.7 Å². The number of halogens is 1. The number of ether oxygens (including phenoxy) is 1. The van der Waals surface area contributed by atoms with Crippen LogP contribution in [0.5, 0.6) is 0 Å². The van der Waals surface area contributed by atoms with E-state index in [1.807, 2.05) is 11.0 Å². The average molecular weight is 327 g/mol. The molecule has 1 aromatic carbocycles. The molecule has 124 valence electrons. The first-order valence-electron chi connectivity index (χ1n) is 7.83. The minimum atomic E-state index is 0. The molecular weight excluding hydrogens is 300 g/mol. The Balaban J connectivity index is 0.00000242. The molecule has 1 aliphatic heterocycles. The Kier molecular flexibility index (Phi) is 9.13. The van der Waals surface area contributed by atoms with Gasteiger partial charge >= 0.3 is 0 Å². The van der Waals surface area contributed by atoms with E-state index in [9.17, 15) is 4.79 Å². The molecule has 0 aromatic heterocycles. The van der Waals surface area contributed by atoms with Crippen LogP contribution in [0, 0.1) is 5.92 Å². The number of carbonyl (C=O) groups is 1. The third kappa shape index (κ3) is 5.95. The lowest BCUT2D eigenvalue weighted by Gasteiger charge is -2.25. The van der Waals surface area contributed by atoms with E-state index in [0.29, 0.717) is 13.2 Å². The fraction of sp³-hybridized carbons (Fsp3) is 0.588. The highest BCUT2D eigenvalue weighted by Gasteiger charge is 2.26. The van der Waals surface area contributed by atoms with Crippen LogP contribution in [0.15, 0.2) is 30.3 Å². The van der Waals surface area contributed by atoms with Crippen molar-refractivity contribution in [3.05, 3.63) is 35.9 Å². The Morgan fingerprint density at radius 2 is 2.09 bits per heavy atom. The quantitative estimate of drug-likeness (QED) is 0.795. The van der Waals surface area contributed by atoms with Crippen molar-refractivity contribution in [3.63, 3.8) is 0 Å². The molecule has 1 saturated heterocycles. The second-order valence-electron chi connectivity index (χ2n) is 5.60. The van der Waals surface area contributed by atoms with Crippen LogP contribution in [0.3, 0.4) is 0 Å². The van der Waals surface area contributed by atoms with Crippen molar-refractivity contribution in [1.29, 1.82) is 0 Å². The molecule has 1 N–H and O–H groups in total. The van der Waals surface area contributed by atoms with E-state index in [2.05, 4.69) is 29.6 Å². The first kappa shape index (κ1) is 18.9. The largest absolute Gasteiger partial charge is 0.383 e. The molecule has 1 aliphatic rings. The van der Waals surface area contributed by atoms with E-state index in [4.69, 9.17) is 4.74 Å². The van der Waals surface area contributed by atoms with E-state index >= 15 is 0 Å². The van der Waals surface area contributed by atoms with Crippen LogP contribution in [0.4, 0.5) is 0 Å². The number of rotatable bonds is 8. The molecule has 2 rings (SSSR count). The second kappa shape index (κ2) is 10.6. The minimum Gasteiger partial charge on any atom is -0.383 e. The van der Waals surface area contributed by atoms with Crippen LogP contribution in [-0.2, 0) is 16.0 Å². The summed E-state index contributed by atoms with van der Waals surface area (Å²) < 4.78 is 5.14. The fourth-order valence-electron chi connectivity index (χ4n) is 2.78. The van der Waals surface area contributed by atoms with Crippen LogP contribution in [0.2, 0.25) is 0 Å². The molecule has 1 aromatic rings. The molecule has 22 heavy (non-hydrogen) atoms. The molecule has 1 heterocycles. The first-order chi connectivity index (χ1) is 10.3. The molecule has 1 amide bonds. The smallest absolute Gasteiger partial charge is 0.227 e. The number of benzene rings is 1. The first-order valence-corrected chi connectivity index (χ1v) is 7.83. The van der Waals surface area contributed by atoms with Gasteiger partial charge in [-0.15, -0.1) is 12.4 Å². The summed E-state index contributed by atoms with van der Waals surface area (Å²) >= 11 is 0. The molecule has 0 saturated carbocycles. The van der Waals surface area contributed by atoms with Gasteiger partial charge in [0.15, 0.2) is 0 Å². The molecule has 1 unspecified atom stereocenters. The summed E-state index contributed by atoms with van der Waals surface area (Å²) in [6.45, 7) is 3.89. The maximum Gasteiger partial charge on any atom is 0.227 e. The number of nitrogens with zero attached hydrogens (tertiary/aromatic N) is 1. The summed E-state index contributed by atoms with van der Waals surface area (Å²) in [7, 11) is 1.68. The van der Waals surface area contributed by atoms with Gasteiger partial charge in [0.25, 0.3) is 0 Å². The zero-order valence-electron chi connectivity index (χ0n) is 13.3. The Hall–Kier alpha value is -1.10. The number of carbonyl (C=O) groups excluding carboxylic acids is 1. The number of methoxy groups -OCH3 is 1. The SMILES string of the molecule is COCCN(CCCc1ccccc1)C(=O)C1CCNC1.Cl. The van der Waals surface area contributed by atoms with Crippen LogP contribution < -0.4 is 5.32 Å². The minimum absolute atomic E-state index is 0. The third-order valence-corrected chi connectivity index (χ3v) is 4.02. The molecule has 4 nitrogen and oxygen atoms in total. The predicted molar refractivity (Wildman–Crippen MR) is 91.4 cm³/mol. The Morgan fingerprint density at radius 3 is 2.73 bits per heavy atom. The summed E-state index contributed by atoms with van der Waals surface area (Å²) in [6, 6.07) is 10.4. The van der Waals surface area contributed by atoms with Crippen molar-refractivity contribution in [2.24, 2.45) is 5.92 Å². The van der Waals surface area contributed by atoms with Crippen molar-refractivity contribution in [2.45, 2.75) is 19.3 Å². The molecule has 1 atom stereocenters. The van der Waals surface area contributed by atoms with Gasteiger partial charge in [-0.3, -0.25) is 4.79 Å². The van der Waals surface area contributed by atoms with Gasteiger partial charge in [0, 0.05) is 26.7 Å². The zero-order valence-corrected chi connectivity index (χ0v) is 14.1. The van der Waals surface area contributed by atoms with Crippen LogP contribution >= 0.6 is 12.4 Å². The maximum atomic E-state index is 12.5. The van der Waals surface area contributed by atoms with Crippen LogP contribution in [0.25, 0.3) is 0 Å². The topological polar surface area (TPSA) is 41.6 Å². The van der Waals surface area contributed by atoms with Gasteiger partial charge < -0.3 is 15.0 Å². The van der Waals surface area contributed by atoms with Gasteiger partial charge in [-0.2, -0.15) is 0 Å². The van der Waals surface area contributed by atoms with Gasteiger partial charge in [-0.1, -0.05) is 30.3 Å². The molecular formula is C17H27ClN2O2. The zero-order chi connectivity index (χ0) is 14.9. The standard InChI is InChI=1S/C17H26N2O2.ClH/c1-21-13-12-19(17(20)16-9-10-18-14-16)11-5-8-15-6-3-2-4-7-15;/h2-4,6-7,16,18H,5,8-14H2,1H3;1H. The monoisotopic (exact) mass is 326 g/mol. The second-order valence-corrected chi connectivity index (χ2v) is 5.60. The summed E-state index contributed by atoms with van der Waals surface area (Å²) in [6.07, 6.45) is 2.97. The van der Waals surface area contributed by atoms with Gasteiger partial charge in [0.2, 0.25) is 5.91 Å². The number of amides is 1. The number of nitrogens with one attached hydrogen (secondary N) is 1. The Labute approximate surface area is 139 Å². The summed E-state index contributed by atoms with van der Waals surface area (Å²) in [5, 5.41) is 3.27. The molecule has 1 fully saturated rings.